The fourth-order valence-corrected chi connectivity index (χ4v) is 8.90. The summed E-state index contributed by atoms with van der Waals surface area (Å²) in [6.45, 7) is 2.25. The van der Waals surface area contributed by atoms with Crippen LogP contribution < -0.4 is 0 Å². The highest BCUT2D eigenvalue weighted by Gasteiger charge is 2.20. The Morgan fingerprint density at radius 3 is 1.55 bits per heavy atom. The number of aryl methyl sites for hydroxylation is 1. The molecule has 0 unspecified atom stereocenters. The van der Waals surface area contributed by atoms with Gasteiger partial charge < -0.3 is 9.13 Å². The van der Waals surface area contributed by atoms with Crippen molar-refractivity contribution in [2.45, 2.75) is 13.3 Å². The van der Waals surface area contributed by atoms with Crippen LogP contribution >= 0.6 is 0 Å². The summed E-state index contributed by atoms with van der Waals surface area (Å²) in [7, 11) is 0. The molecule has 5 aromatic heterocycles. The first-order valence-electron chi connectivity index (χ1n) is 19.8. The minimum absolute atomic E-state index is 0.938. The van der Waals surface area contributed by atoms with Crippen LogP contribution in [0.4, 0.5) is 0 Å². The molecule has 6 aromatic carbocycles. The van der Waals surface area contributed by atoms with Gasteiger partial charge in [-0.05, 0) is 119 Å². The minimum Gasteiger partial charge on any atom is -0.309 e. The van der Waals surface area contributed by atoms with Crippen LogP contribution in [0.15, 0.2) is 195 Å². The van der Waals surface area contributed by atoms with Crippen molar-refractivity contribution >= 4 is 43.7 Å². The zero-order chi connectivity index (χ0) is 38.6. The van der Waals surface area contributed by atoms with Crippen molar-refractivity contribution in [3.63, 3.8) is 0 Å². The molecule has 11 aromatic rings. The highest BCUT2D eigenvalue weighted by Crippen LogP contribution is 2.41. The molecule has 0 radical (unpaired) electrons. The van der Waals surface area contributed by atoms with Gasteiger partial charge in [0.2, 0.25) is 0 Å². The van der Waals surface area contributed by atoms with E-state index < -0.39 is 0 Å². The number of rotatable bonds is 7. The average Bonchev–Trinajstić information content (AvgIpc) is 3.82. The molecule has 0 aliphatic rings. The molecule has 0 atom stereocenters. The van der Waals surface area contributed by atoms with E-state index in [1.165, 1.54) is 38.5 Å². The minimum atomic E-state index is 0.938. The van der Waals surface area contributed by atoms with Gasteiger partial charge in [-0.15, -0.1) is 0 Å². The predicted molar refractivity (Wildman–Crippen MR) is 240 cm³/mol. The highest BCUT2D eigenvalue weighted by molar-refractivity contribution is 6.13. The Bertz CT molecular complexity index is 3320. The summed E-state index contributed by atoms with van der Waals surface area (Å²) < 4.78 is 4.79. The molecule has 0 saturated heterocycles. The second-order valence-corrected chi connectivity index (χ2v) is 14.7. The molecule has 0 amide bonds. The van der Waals surface area contributed by atoms with Crippen molar-refractivity contribution in [2.75, 3.05) is 0 Å². The van der Waals surface area contributed by atoms with Gasteiger partial charge in [0.05, 0.1) is 39.0 Å². The molecule has 0 spiro atoms. The van der Waals surface area contributed by atoms with Crippen LogP contribution in [0.5, 0.6) is 0 Å². The van der Waals surface area contributed by atoms with E-state index in [0.29, 0.717) is 0 Å². The van der Waals surface area contributed by atoms with Gasteiger partial charge in [-0.1, -0.05) is 97.9 Å². The Morgan fingerprint density at radius 1 is 0.397 bits per heavy atom. The van der Waals surface area contributed by atoms with E-state index in [0.717, 1.165) is 73.4 Å². The Kier molecular flexibility index (Phi) is 8.04. The molecular formula is C53H37N5. The van der Waals surface area contributed by atoms with Crippen LogP contribution in [0.1, 0.15) is 12.5 Å². The fraction of sp³-hybridized carbons (Fsp3) is 0.0377. The molecule has 274 valence electrons. The van der Waals surface area contributed by atoms with Gasteiger partial charge in [0.25, 0.3) is 0 Å². The first kappa shape index (κ1) is 33.7. The monoisotopic (exact) mass is 743 g/mol. The van der Waals surface area contributed by atoms with Gasteiger partial charge in [-0.2, -0.15) is 0 Å². The molecular weight excluding hydrogens is 707 g/mol. The standard InChI is InChI=1S/C53H37N5/c1-2-35-14-11-23-50-52(35)44-32-36(40-17-3-5-19-42(40)46-21-7-9-29-54-46)25-27-48(44)57(50)38-15-12-16-39(34-38)58-49-28-26-37(33-45(49)53-51(58)24-13-31-56-53)41-18-4-6-20-43(41)47-22-8-10-30-55-47/h3-34H,2H2,1H3. The van der Waals surface area contributed by atoms with Crippen molar-refractivity contribution in [2.24, 2.45) is 0 Å². The summed E-state index contributed by atoms with van der Waals surface area (Å²) in [5.41, 5.74) is 17.8. The molecule has 5 nitrogen and oxygen atoms in total. The summed E-state index contributed by atoms with van der Waals surface area (Å²) in [6.07, 6.45) is 6.55. The van der Waals surface area contributed by atoms with E-state index in [9.17, 15) is 0 Å². The molecule has 0 aliphatic carbocycles. The van der Waals surface area contributed by atoms with Crippen LogP contribution in [0.3, 0.4) is 0 Å². The molecule has 0 bridgehead atoms. The van der Waals surface area contributed by atoms with Crippen molar-refractivity contribution in [3.05, 3.63) is 200 Å². The van der Waals surface area contributed by atoms with E-state index in [4.69, 9.17) is 9.97 Å². The normalized spacial score (nSPS) is 11.6. The Labute approximate surface area is 336 Å². The third-order valence-corrected chi connectivity index (χ3v) is 11.5. The quantitative estimate of drug-likeness (QED) is 0.163. The number of benzene rings is 6. The lowest BCUT2D eigenvalue weighted by atomic mass is 9.95. The van der Waals surface area contributed by atoms with Crippen LogP contribution in [0.25, 0.3) is 99.9 Å². The first-order valence-corrected chi connectivity index (χ1v) is 19.8. The first-order chi connectivity index (χ1) is 28.7. The summed E-state index contributed by atoms with van der Waals surface area (Å²) in [4.78, 5) is 14.3. The lowest BCUT2D eigenvalue weighted by Crippen LogP contribution is -1.99. The number of fused-ring (bicyclic) bond motifs is 6. The summed E-state index contributed by atoms with van der Waals surface area (Å²) in [5.74, 6) is 0. The molecule has 58 heavy (non-hydrogen) atoms. The van der Waals surface area contributed by atoms with Crippen LogP contribution in [0.2, 0.25) is 0 Å². The van der Waals surface area contributed by atoms with Gasteiger partial charge in [-0.25, -0.2) is 0 Å². The van der Waals surface area contributed by atoms with Crippen molar-refractivity contribution in [3.8, 4) is 56.1 Å². The maximum atomic E-state index is 4.96. The zero-order valence-corrected chi connectivity index (χ0v) is 31.9. The van der Waals surface area contributed by atoms with Gasteiger partial charge >= 0.3 is 0 Å². The topological polar surface area (TPSA) is 48.5 Å². The second kappa shape index (κ2) is 13.8. The lowest BCUT2D eigenvalue weighted by Gasteiger charge is -2.14. The van der Waals surface area contributed by atoms with E-state index in [2.05, 4.69) is 173 Å². The predicted octanol–water partition coefficient (Wildman–Crippen LogP) is 13.3. The Morgan fingerprint density at radius 2 is 0.931 bits per heavy atom. The maximum Gasteiger partial charge on any atom is 0.0963 e. The molecule has 5 heteroatoms. The second-order valence-electron chi connectivity index (χ2n) is 14.7. The maximum absolute atomic E-state index is 4.96. The smallest absolute Gasteiger partial charge is 0.0963 e. The number of aromatic nitrogens is 5. The van der Waals surface area contributed by atoms with E-state index in [1.807, 2.05) is 42.9 Å². The van der Waals surface area contributed by atoms with Gasteiger partial charge in [0.1, 0.15) is 0 Å². The highest BCUT2D eigenvalue weighted by atomic mass is 15.0. The van der Waals surface area contributed by atoms with Gasteiger partial charge in [0.15, 0.2) is 0 Å². The lowest BCUT2D eigenvalue weighted by molar-refractivity contribution is 1.13. The van der Waals surface area contributed by atoms with E-state index in [-0.39, 0.29) is 0 Å². The fourth-order valence-electron chi connectivity index (χ4n) is 8.90. The molecule has 5 heterocycles. The molecule has 0 fully saturated rings. The van der Waals surface area contributed by atoms with Gasteiger partial charge in [0, 0.05) is 57.3 Å². The van der Waals surface area contributed by atoms with Crippen molar-refractivity contribution < 1.29 is 0 Å². The summed E-state index contributed by atoms with van der Waals surface area (Å²) >= 11 is 0. The Hall–Kier alpha value is -7.63. The number of hydrogen-bond acceptors (Lipinski definition) is 3. The molecule has 0 N–H and O–H groups in total. The number of nitrogens with zero attached hydrogens (tertiary/aromatic N) is 5. The molecule has 11 rings (SSSR count). The van der Waals surface area contributed by atoms with Crippen LogP contribution in [-0.4, -0.2) is 24.1 Å². The zero-order valence-electron chi connectivity index (χ0n) is 31.9. The summed E-state index contributed by atoms with van der Waals surface area (Å²) in [6, 6.07) is 62.8. The van der Waals surface area contributed by atoms with Crippen molar-refractivity contribution in [1.82, 2.24) is 24.1 Å². The SMILES string of the molecule is CCc1cccc2c1c1cc(-c3ccccc3-c3ccccn3)ccc1n2-c1cccc(-n2c3ccc(-c4ccccc4-c4ccccn4)cc3c3ncccc32)c1. The molecule has 0 saturated carbocycles. The average molecular weight is 744 g/mol. The largest absolute Gasteiger partial charge is 0.309 e. The number of pyridine rings is 3. The number of hydrogen-bond donors (Lipinski definition) is 0. The van der Waals surface area contributed by atoms with Crippen molar-refractivity contribution in [1.29, 1.82) is 0 Å². The summed E-state index contributed by atoms with van der Waals surface area (Å²) in [5, 5.41) is 3.64. The van der Waals surface area contributed by atoms with Crippen LogP contribution in [-0.2, 0) is 6.42 Å². The van der Waals surface area contributed by atoms with E-state index in [1.54, 1.807) is 0 Å². The van der Waals surface area contributed by atoms with Crippen LogP contribution in [0, 0.1) is 0 Å². The molecule has 0 aliphatic heterocycles. The third kappa shape index (κ3) is 5.43. The van der Waals surface area contributed by atoms with E-state index >= 15 is 0 Å². The van der Waals surface area contributed by atoms with Gasteiger partial charge in [-0.3, -0.25) is 15.0 Å². The third-order valence-electron chi connectivity index (χ3n) is 11.5. The Balaban J connectivity index is 1.08.